The number of rotatable bonds is 4. The molecular weight excluding hydrogens is 372 g/mol. The van der Waals surface area contributed by atoms with Crippen LogP contribution >= 0.6 is 31.9 Å². The van der Waals surface area contributed by atoms with Crippen molar-refractivity contribution in [3.05, 3.63) is 34.3 Å². The van der Waals surface area contributed by atoms with E-state index in [4.69, 9.17) is 0 Å². The summed E-state index contributed by atoms with van der Waals surface area (Å²) in [7, 11) is -3.50. The van der Waals surface area contributed by atoms with Crippen molar-refractivity contribution in [2.75, 3.05) is 5.75 Å². The fraction of sp³-hybridized carbons (Fsp3) is 0.364. The molecular formula is C11H12Br2O3S. The van der Waals surface area contributed by atoms with Crippen LogP contribution in [0.1, 0.15) is 24.2 Å². The topological polar surface area (TPSA) is 51.2 Å². The zero-order valence-electron chi connectivity index (χ0n) is 9.41. The molecule has 0 aromatic heterocycles. The molecule has 0 saturated heterocycles. The van der Waals surface area contributed by atoms with Crippen molar-refractivity contribution in [2.45, 2.75) is 17.5 Å². The summed E-state index contributed by atoms with van der Waals surface area (Å²) in [5.74, 6) is -0.538. The molecule has 1 aromatic carbocycles. The van der Waals surface area contributed by atoms with E-state index >= 15 is 0 Å². The van der Waals surface area contributed by atoms with Gasteiger partial charge in [0.1, 0.15) is 0 Å². The molecule has 0 fully saturated rings. The van der Waals surface area contributed by atoms with E-state index in [1.54, 1.807) is 24.3 Å². The lowest BCUT2D eigenvalue weighted by Gasteiger charge is -2.20. The minimum Gasteiger partial charge on any atom is -0.291 e. The monoisotopic (exact) mass is 382 g/mol. The molecule has 6 heteroatoms. The third-order valence-electron chi connectivity index (χ3n) is 2.48. The third-order valence-corrected chi connectivity index (χ3v) is 6.96. The van der Waals surface area contributed by atoms with Crippen LogP contribution in [0.4, 0.5) is 0 Å². The van der Waals surface area contributed by atoms with Crippen LogP contribution in [0.2, 0.25) is 0 Å². The van der Waals surface area contributed by atoms with Gasteiger partial charge in [-0.25, -0.2) is 8.42 Å². The van der Waals surface area contributed by atoms with Crippen molar-refractivity contribution in [1.82, 2.24) is 0 Å². The zero-order valence-corrected chi connectivity index (χ0v) is 13.4. The number of carbonyl (C=O) groups is 1. The van der Waals surface area contributed by atoms with Crippen LogP contribution in [0.3, 0.4) is 0 Å². The molecule has 0 bridgehead atoms. The highest BCUT2D eigenvalue weighted by Gasteiger charge is 2.42. The number of hydrogen-bond acceptors (Lipinski definition) is 3. The van der Waals surface area contributed by atoms with E-state index in [2.05, 4.69) is 31.9 Å². The first-order chi connectivity index (χ1) is 7.72. The van der Waals surface area contributed by atoms with E-state index in [1.807, 2.05) is 0 Å². The van der Waals surface area contributed by atoms with Crippen molar-refractivity contribution in [3.63, 3.8) is 0 Å². The van der Waals surface area contributed by atoms with E-state index < -0.39 is 19.3 Å². The summed E-state index contributed by atoms with van der Waals surface area (Å²) in [6.07, 6.45) is 0. The molecule has 0 N–H and O–H groups in total. The third kappa shape index (κ3) is 2.98. The fourth-order valence-corrected chi connectivity index (χ4v) is 3.39. The predicted octanol–water partition coefficient (Wildman–Crippen LogP) is 3.18. The van der Waals surface area contributed by atoms with Gasteiger partial charge in [-0.3, -0.25) is 4.79 Å². The highest BCUT2D eigenvalue weighted by atomic mass is 79.9. The van der Waals surface area contributed by atoms with Gasteiger partial charge in [0.15, 0.2) is 19.3 Å². The maximum absolute atomic E-state index is 12.1. The number of sulfone groups is 1. The lowest BCUT2D eigenvalue weighted by Crippen LogP contribution is -2.38. The Hall–Kier alpha value is -0.200. The molecule has 1 atom stereocenters. The van der Waals surface area contributed by atoms with Crippen molar-refractivity contribution < 1.29 is 13.2 Å². The molecule has 3 nitrogen and oxygen atoms in total. The Bertz CT molecular complexity index is 518. The van der Waals surface area contributed by atoms with Gasteiger partial charge in [-0.1, -0.05) is 50.9 Å². The van der Waals surface area contributed by atoms with E-state index in [1.165, 1.54) is 13.8 Å². The Labute approximate surface area is 118 Å². The quantitative estimate of drug-likeness (QED) is 0.592. The fourth-order valence-electron chi connectivity index (χ4n) is 1.27. The van der Waals surface area contributed by atoms with Crippen LogP contribution in [0.15, 0.2) is 28.7 Å². The Morgan fingerprint density at radius 3 is 2.18 bits per heavy atom. The molecule has 1 aromatic rings. The number of benzene rings is 1. The van der Waals surface area contributed by atoms with Crippen molar-refractivity contribution >= 4 is 47.5 Å². The summed E-state index contributed by atoms with van der Waals surface area (Å²) >= 11 is 6.29. The Kier molecular flexibility index (Phi) is 4.54. The standard InChI is InChI=1S/C11H12Br2O3S/c1-3-17(15,16)11(2,13)10(14)8-4-6-9(12)7-5-8/h4-7H,3H2,1-2H3/t11-/m0/s1. The Morgan fingerprint density at radius 1 is 1.29 bits per heavy atom. The van der Waals surface area contributed by atoms with Crippen LogP contribution in [-0.2, 0) is 9.84 Å². The highest BCUT2D eigenvalue weighted by Crippen LogP contribution is 2.30. The van der Waals surface area contributed by atoms with E-state index in [0.29, 0.717) is 5.56 Å². The van der Waals surface area contributed by atoms with Gasteiger partial charge in [0.05, 0.1) is 0 Å². The summed E-state index contributed by atoms with van der Waals surface area (Å²) < 4.78 is 22.9. The van der Waals surface area contributed by atoms with Gasteiger partial charge in [0.25, 0.3) is 0 Å². The number of halogens is 2. The summed E-state index contributed by atoms with van der Waals surface area (Å²) in [5, 5.41) is 0. The Balaban J connectivity index is 3.18. The van der Waals surface area contributed by atoms with Crippen LogP contribution in [0.25, 0.3) is 0 Å². The van der Waals surface area contributed by atoms with Crippen molar-refractivity contribution in [1.29, 1.82) is 0 Å². The maximum Gasteiger partial charge on any atom is 0.194 e. The minimum atomic E-state index is -3.50. The van der Waals surface area contributed by atoms with Gasteiger partial charge >= 0.3 is 0 Å². The molecule has 0 aliphatic heterocycles. The number of hydrogen-bond donors (Lipinski definition) is 0. The first-order valence-corrected chi connectivity index (χ1v) is 8.17. The molecule has 0 amide bonds. The van der Waals surface area contributed by atoms with Crippen molar-refractivity contribution in [3.8, 4) is 0 Å². The molecule has 17 heavy (non-hydrogen) atoms. The van der Waals surface area contributed by atoms with E-state index in [9.17, 15) is 13.2 Å². The second kappa shape index (κ2) is 5.20. The second-order valence-electron chi connectivity index (χ2n) is 3.66. The first-order valence-electron chi connectivity index (χ1n) is 4.94. The predicted molar refractivity (Wildman–Crippen MR) is 75.3 cm³/mol. The molecule has 0 aliphatic rings. The molecule has 0 spiro atoms. The number of alkyl halides is 1. The normalized spacial score (nSPS) is 15.3. The van der Waals surface area contributed by atoms with Gasteiger partial charge in [-0.15, -0.1) is 0 Å². The highest BCUT2D eigenvalue weighted by molar-refractivity contribution is 9.12. The van der Waals surface area contributed by atoms with Crippen LogP contribution in [-0.4, -0.2) is 23.6 Å². The number of Topliss-reactive ketones (excluding diaryl/α,β-unsaturated/α-hetero) is 1. The van der Waals surface area contributed by atoms with Gasteiger partial charge in [-0.05, 0) is 19.1 Å². The molecule has 0 radical (unpaired) electrons. The molecule has 1 rings (SSSR count). The maximum atomic E-state index is 12.1. The molecule has 0 aliphatic carbocycles. The number of ketones is 1. The minimum absolute atomic E-state index is 0.0863. The van der Waals surface area contributed by atoms with Gasteiger partial charge in [0, 0.05) is 15.8 Å². The lowest BCUT2D eigenvalue weighted by molar-refractivity contribution is 0.0983. The largest absolute Gasteiger partial charge is 0.291 e. The molecule has 0 unspecified atom stereocenters. The smallest absolute Gasteiger partial charge is 0.194 e. The molecule has 0 heterocycles. The van der Waals surface area contributed by atoms with Crippen molar-refractivity contribution in [2.24, 2.45) is 0 Å². The van der Waals surface area contributed by atoms with E-state index in [-0.39, 0.29) is 5.75 Å². The average molecular weight is 384 g/mol. The first kappa shape index (κ1) is 14.9. The van der Waals surface area contributed by atoms with Gasteiger partial charge < -0.3 is 0 Å². The molecule has 94 valence electrons. The summed E-state index contributed by atoms with van der Waals surface area (Å²) in [6, 6.07) is 6.60. The summed E-state index contributed by atoms with van der Waals surface area (Å²) in [6.45, 7) is 2.89. The summed E-state index contributed by atoms with van der Waals surface area (Å²) in [4.78, 5) is 12.1. The van der Waals surface area contributed by atoms with Crippen LogP contribution in [0.5, 0.6) is 0 Å². The van der Waals surface area contributed by atoms with Gasteiger partial charge in [-0.2, -0.15) is 0 Å². The molecule has 0 saturated carbocycles. The Morgan fingerprint density at radius 2 is 1.76 bits per heavy atom. The second-order valence-corrected chi connectivity index (χ2v) is 9.31. The van der Waals surface area contributed by atoms with Crippen LogP contribution in [0, 0.1) is 0 Å². The summed E-state index contributed by atoms with van der Waals surface area (Å²) in [5.41, 5.74) is 0.365. The van der Waals surface area contributed by atoms with E-state index in [0.717, 1.165) is 4.47 Å². The van der Waals surface area contributed by atoms with Gasteiger partial charge in [0.2, 0.25) is 0 Å². The zero-order chi connectivity index (χ0) is 13.3. The lowest BCUT2D eigenvalue weighted by atomic mass is 10.1. The SMILES string of the molecule is CCS(=O)(=O)[C@](C)(Br)C(=O)c1ccc(Br)cc1. The van der Waals surface area contributed by atoms with Crippen LogP contribution < -0.4 is 0 Å². The number of carbonyl (C=O) groups excluding carboxylic acids is 1. The average Bonchev–Trinajstić information content (AvgIpc) is 2.28.